The molecule has 4 rings (SSSR count). The normalized spacial score (nSPS) is 11.5. The summed E-state index contributed by atoms with van der Waals surface area (Å²) in [5, 5.41) is 8.37. The van der Waals surface area contributed by atoms with Crippen LogP contribution in [0.15, 0.2) is 48.5 Å². The van der Waals surface area contributed by atoms with Gasteiger partial charge in [0.25, 0.3) is 17.6 Å². The van der Waals surface area contributed by atoms with Crippen molar-refractivity contribution < 1.29 is 27.2 Å². The Balaban J connectivity index is 1.62. The minimum absolute atomic E-state index is 0.130. The fourth-order valence-electron chi connectivity index (χ4n) is 3.25. The molecule has 0 bridgehead atoms. The average Bonchev–Trinajstić information content (AvgIpc) is 3.19. The van der Waals surface area contributed by atoms with Crippen molar-refractivity contribution in [1.82, 2.24) is 19.6 Å². The molecule has 0 aliphatic carbocycles. The molecule has 8 nitrogen and oxygen atoms in total. The number of carbonyl (C=O) groups is 2. The third-order valence-electron chi connectivity index (χ3n) is 4.77. The van der Waals surface area contributed by atoms with E-state index in [-0.39, 0.29) is 22.9 Å². The molecular weight excluding hydrogens is 456 g/mol. The minimum Gasteiger partial charge on any atom is -0.322 e. The zero-order valence-electron chi connectivity index (χ0n) is 17.7. The summed E-state index contributed by atoms with van der Waals surface area (Å²) in [4.78, 5) is 33.0. The molecule has 2 aromatic carbocycles. The third kappa shape index (κ3) is 4.56. The SMILES string of the molecule is Cc1cc(C)n2nc(C(=O)Nc3ccc(NC(=O)c4ccccc4F)cc3C(F)(F)F)nc2n1. The second-order valence-corrected chi connectivity index (χ2v) is 7.33. The van der Waals surface area contributed by atoms with E-state index in [2.05, 4.69) is 25.7 Å². The van der Waals surface area contributed by atoms with E-state index < -0.39 is 35.1 Å². The van der Waals surface area contributed by atoms with Gasteiger partial charge in [0.2, 0.25) is 5.82 Å². The lowest BCUT2D eigenvalue weighted by Crippen LogP contribution is -2.19. The molecule has 0 fully saturated rings. The molecule has 174 valence electrons. The van der Waals surface area contributed by atoms with Gasteiger partial charge in [0.1, 0.15) is 5.82 Å². The number of fused-ring (bicyclic) bond motifs is 1. The van der Waals surface area contributed by atoms with Gasteiger partial charge in [-0.25, -0.2) is 13.9 Å². The molecule has 4 aromatic rings. The van der Waals surface area contributed by atoms with Gasteiger partial charge < -0.3 is 10.6 Å². The predicted molar refractivity (Wildman–Crippen MR) is 114 cm³/mol. The van der Waals surface area contributed by atoms with Crippen molar-refractivity contribution in [2.24, 2.45) is 0 Å². The Morgan fingerprint density at radius 3 is 2.38 bits per heavy atom. The number of rotatable bonds is 4. The maximum absolute atomic E-state index is 13.8. The lowest BCUT2D eigenvalue weighted by Gasteiger charge is -2.15. The van der Waals surface area contributed by atoms with E-state index in [4.69, 9.17) is 0 Å². The van der Waals surface area contributed by atoms with E-state index in [1.54, 1.807) is 19.9 Å². The number of amides is 2. The van der Waals surface area contributed by atoms with Crippen LogP contribution in [0.1, 0.15) is 37.9 Å². The zero-order chi connectivity index (χ0) is 24.6. The summed E-state index contributed by atoms with van der Waals surface area (Å²) in [6.45, 7) is 3.44. The van der Waals surface area contributed by atoms with E-state index in [1.165, 1.54) is 22.7 Å². The summed E-state index contributed by atoms with van der Waals surface area (Å²) < 4.78 is 56.2. The van der Waals surface area contributed by atoms with Crippen LogP contribution in [0.25, 0.3) is 5.78 Å². The fourth-order valence-corrected chi connectivity index (χ4v) is 3.25. The van der Waals surface area contributed by atoms with Gasteiger partial charge in [-0.2, -0.15) is 18.2 Å². The molecule has 0 aliphatic rings. The Hall–Kier alpha value is -4.35. The number of aryl methyl sites for hydroxylation is 2. The number of benzene rings is 2. The second kappa shape index (κ2) is 8.54. The lowest BCUT2D eigenvalue weighted by molar-refractivity contribution is -0.136. The smallest absolute Gasteiger partial charge is 0.322 e. The summed E-state index contributed by atoms with van der Waals surface area (Å²) in [6, 6.07) is 9.52. The molecule has 0 radical (unpaired) electrons. The van der Waals surface area contributed by atoms with Gasteiger partial charge in [-0.3, -0.25) is 9.59 Å². The molecule has 2 aromatic heterocycles. The van der Waals surface area contributed by atoms with Crippen molar-refractivity contribution in [2.45, 2.75) is 20.0 Å². The zero-order valence-corrected chi connectivity index (χ0v) is 17.7. The molecule has 0 atom stereocenters. The van der Waals surface area contributed by atoms with Crippen molar-refractivity contribution in [3.8, 4) is 0 Å². The van der Waals surface area contributed by atoms with Crippen LogP contribution >= 0.6 is 0 Å². The molecule has 2 heterocycles. The van der Waals surface area contributed by atoms with Gasteiger partial charge in [-0.05, 0) is 50.2 Å². The summed E-state index contributed by atoms with van der Waals surface area (Å²) in [5.41, 5.74) is -1.08. The first kappa shape index (κ1) is 22.8. The van der Waals surface area contributed by atoms with E-state index >= 15 is 0 Å². The van der Waals surface area contributed by atoms with Gasteiger partial charge in [-0.15, -0.1) is 5.10 Å². The Morgan fingerprint density at radius 2 is 1.68 bits per heavy atom. The molecule has 2 N–H and O–H groups in total. The van der Waals surface area contributed by atoms with E-state index in [0.29, 0.717) is 17.5 Å². The minimum atomic E-state index is -4.87. The van der Waals surface area contributed by atoms with Crippen LogP contribution in [-0.2, 0) is 6.18 Å². The van der Waals surface area contributed by atoms with Crippen molar-refractivity contribution in [2.75, 3.05) is 10.6 Å². The molecule has 2 amide bonds. The first-order chi connectivity index (χ1) is 16.0. The Labute approximate surface area is 189 Å². The number of nitrogens with zero attached hydrogens (tertiary/aromatic N) is 4. The lowest BCUT2D eigenvalue weighted by atomic mass is 10.1. The maximum Gasteiger partial charge on any atom is 0.418 e. The van der Waals surface area contributed by atoms with Crippen molar-refractivity contribution in [3.63, 3.8) is 0 Å². The number of anilines is 2. The first-order valence-electron chi connectivity index (χ1n) is 9.82. The molecule has 0 aliphatic heterocycles. The van der Waals surface area contributed by atoms with Crippen LogP contribution in [-0.4, -0.2) is 31.4 Å². The van der Waals surface area contributed by atoms with Crippen LogP contribution in [0.4, 0.5) is 28.9 Å². The number of hydrogen-bond acceptors (Lipinski definition) is 5. The first-order valence-corrected chi connectivity index (χ1v) is 9.82. The van der Waals surface area contributed by atoms with E-state index in [9.17, 15) is 27.2 Å². The quantitative estimate of drug-likeness (QED) is 0.429. The maximum atomic E-state index is 13.8. The number of halogens is 4. The molecule has 0 saturated heterocycles. The molecule has 34 heavy (non-hydrogen) atoms. The molecule has 0 saturated carbocycles. The summed E-state index contributed by atoms with van der Waals surface area (Å²) in [6.07, 6.45) is -4.87. The van der Waals surface area contributed by atoms with Gasteiger partial charge in [0, 0.05) is 17.1 Å². The highest BCUT2D eigenvalue weighted by atomic mass is 19.4. The van der Waals surface area contributed by atoms with Crippen molar-refractivity contribution in [3.05, 3.63) is 82.7 Å². The van der Waals surface area contributed by atoms with Crippen LogP contribution < -0.4 is 10.6 Å². The second-order valence-electron chi connectivity index (χ2n) is 7.33. The Bertz CT molecular complexity index is 1430. The third-order valence-corrected chi connectivity index (χ3v) is 4.77. The molecule has 0 unspecified atom stereocenters. The van der Waals surface area contributed by atoms with Gasteiger partial charge in [-0.1, -0.05) is 12.1 Å². The number of carbonyl (C=O) groups excluding carboxylic acids is 2. The van der Waals surface area contributed by atoms with E-state index in [1.807, 2.05) is 0 Å². The van der Waals surface area contributed by atoms with Gasteiger partial charge in [0.15, 0.2) is 0 Å². The fraction of sp³-hybridized carbons (Fsp3) is 0.136. The summed E-state index contributed by atoms with van der Waals surface area (Å²) in [7, 11) is 0. The average molecular weight is 472 g/mol. The van der Waals surface area contributed by atoms with Crippen molar-refractivity contribution in [1.29, 1.82) is 0 Å². The van der Waals surface area contributed by atoms with Crippen LogP contribution in [0.3, 0.4) is 0 Å². The highest BCUT2D eigenvalue weighted by molar-refractivity contribution is 6.05. The highest BCUT2D eigenvalue weighted by Gasteiger charge is 2.35. The predicted octanol–water partition coefficient (Wildman–Crippen LogP) is 4.40. The van der Waals surface area contributed by atoms with Crippen LogP contribution in [0.5, 0.6) is 0 Å². The molecule has 0 spiro atoms. The highest BCUT2D eigenvalue weighted by Crippen LogP contribution is 2.37. The number of nitrogens with one attached hydrogen (secondary N) is 2. The van der Waals surface area contributed by atoms with Gasteiger partial charge >= 0.3 is 6.18 Å². The Morgan fingerprint density at radius 1 is 0.941 bits per heavy atom. The number of hydrogen-bond donors (Lipinski definition) is 2. The van der Waals surface area contributed by atoms with Gasteiger partial charge in [0.05, 0.1) is 16.8 Å². The monoisotopic (exact) mass is 472 g/mol. The van der Waals surface area contributed by atoms with Crippen molar-refractivity contribution >= 4 is 29.0 Å². The standard InChI is InChI=1S/C22H16F4N6O2/c1-11-9-12(2)32-21(27-11)30-18(31-32)20(34)29-17-8-7-13(10-15(17)22(24,25)26)28-19(33)14-5-3-4-6-16(14)23/h3-10H,1-2H3,(H,28,33)(H,29,34). The number of aromatic nitrogens is 4. The number of alkyl halides is 3. The topological polar surface area (TPSA) is 101 Å². The van der Waals surface area contributed by atoms with E-state index in [0.717, 1.165) is 18.2 Å². The summed E-state index contributed by atoms with van der Waals surface area (Å²) >= 11 is 0. The van der Waals surface area contributed by atoms with Crippen LogP contribution in [0, 0.1) is 19.7 Å². The molecule has 12 heteroatoms. The Kier molecular flexibility index (Phi) is 5.73. The molecular formula is C22H16F4N6O2. The summed E-state index contributed by atoms with van der Waals surface area (Å²) in [5.74, 6) is -2.96. The largest absolute Gasteiger partial charge is 0.418 e. The van der Waals surface area contributed by atoms with Crippen LogP contribution in [0.2, 0.25) is 0 Å².